The second-order valence-corrected chi connectivity index (χ2v) is 7.07. The lowest BCUT2D eigenvalue weighted by molar-refractivity contribution is -0.134. The van der Waals surface area contributed by atoms with Gasteiger partial charge in [0, 0.05) is 36.1 Å². The molecular weight excluding hydrogens is 360 g/mol. The van der Waals surface area contributed by atoms with Crippen molar-refractivity contribution in [3.63, 3.8) is 0 Å². The average molecular weight is 387 g/mol. The number of halogens is 1. The van der Waals surface area contributed by atoms with Gasteiger partial charge in [-0.3, -0.25) is 9.59 Å². The van der Waals surface area contributed by atoms with E-state index in [1.54, 1.807) is 24.3 Å². The number of carbonyl (C=O) groups is 2. The highest BCUT2D eigenvalue weighted by Crippen LogP contribution is 2.13. The molecule has 0 fully saturated rings. The van der Waals surface area contributed by atoms with Gasteiger partial charge in [0.25, 0.3) is 5.91 Å². The van der Waals surface area contributed by atoms with Crippen LogP contribution in [0.25, 0.3) is 0 Å². The van der Waals surface area contributed by atoms with Crippen LogP contribution in [0.1, 0.15) is 49.0 Å². The van der Waals surface area contributed by atoms with Crippen molar-refractivity contribution in [1.29, 1.82) is 0 Å². The summed E-state index contributed by atoms with van der Waals surface area (Å²) in [6.45, 7) is 5.24. The molecule has 0 aliphatic carbocycles. The molecule has 0 saturated heterocycles. The van der Waals surface area contributed by atoms with Crippen molar-refractivity contribution in [2.24, 2.45) is 0 Å². The SMILES string of the molecule is CCC(C)N(Cc1ccccc1)C(=O)CCCNC(=O)c1ccc(Cl)cc1. The molecule has 2 aromatic carbocycles. The Morgan fingerprint density at radius 3 is 2.37 bits per heavy atom. The van der Waals surface area contributed by atoms with E-state index in [4.69, 9.17) is 11.6 Å². The summed E-state index contributed by atoms with van der Waals surface area (Å²) in [6.07, 6.45) is 1.93. The first-order chi connectivity index (χ1) is 13.0. The lowest BCUT2D eigenvalue weighted by Crippen LogP contribution is -2.38. The Hall–Kier alpha value is -2.33. The van der Waals surface area contributed by atoms with Crippen LogP contribution in [-0.4, -0.2) is 29.3 Å². The molecule has 27 heavy (non-hydrogen) atoms. The number of nitrogens with zero attached hydrogens (tertiary/aromatic N) is 1. The van der Waals surface area contributed by atoms with Crippen molar-refractivity contribution >= 4 is 23.4 Å². The van der Waals surface area contributed by atoms with Crippen LogP contribution >= 0.6 is 11.6 Å². The molecule has 0 aromatic heterocycles. The van der Waals surface area contributed by atoms with Crippen molar-refractivity contribution in [3.05, 3.63) is 70.7 Å². The Bertz CT molecular complexity index is 732. The summed E-state index contributed by atoms with van der Waals surface area (Å²) < 4.78 is 0. The Morgan fingerprint density at radius 1 is 1.07 bits per heavy atom. The normalized spacial score (nSPS) is 11.7. The van der Waals surface area contributed by atoms with Crippen molar-refractivity contribution in [2.75, 3.05) is 6.54 Å². The summed E-state index contributed by atoms with van der Waals surface area (Å²) >= 11 is 5.83. The predicted molar refractivity (Wildman–Crippen MR) is 110 cm³/mol. The van der Waals surface area contributed by atoms with Gasteiger partial charge in [-0.2, -0.15) is 0 Å². The van der Waals surface area contributed by atoms with Crippen molar-refractivity contribution in [2.45, 2.75) is 45.7 Å². The first kappa shape index (κ1) is 21.0. The van der Waals surface area contributed by atoms with Gasteiger partial charge >= 0.3 is 0 Å². The molecule has 0 aliphatic heterocycles. The maximum Gasteiger partial charge on any atom is 0.251 e. The van der Waals surface area contributed by atoms with Crippen LogP contribution in [0.15, 0.2) is 54.6 Å². The third kappa shape index (κ3) is 6.72. The van der Waals surface area contributed by atoms with Crippen molar-refractivity contribution < 1.29 is 9.59 Å². The molecule has 0 radical (unpaired) electrons. The van der Waals surface area contributed by atoms with Gasteiger partial charge in [-0.15, -0.1) is 0 Å². The molecule has 0 spiro atoms. The number of amides is 2. The molecule has 5 heteroatoms. The van der Waals surface area contributed by atoms with E-state index < -0.39 is 0 Å². The van der Waals surface area contributed by atoms with Gasteiger partial charge in [0.05, 0.1) is 0 Å². The Morgan fingerprint density at radius 2 is 1.74 bits per heavy atom. The zero-order valence-corrected chi connectivity index (χ0v) is 16.7. The fourth-order valence-corrected chi connectivity index (χ4v) is 2.90. The zero-order valence-electron chi connectivity index (χ0n) is 16.0. The van der Waals surface area contributed by atoms with E-state index in [0.717, 1.165) is 12.0 Å². The number of carbonyl (C=O) groups excluding carboxylic acids is 2. The fourth-order valence-electron chi connectivity index (χ4n) is 2.78. The number of hydrogen-bond donors (Lipinski definition) is 1. The summed E-state index contributed by atoms with van der Waals surface area (Å²) in [6, 6.07) is 17.0. The van der Waals surface area contributed by atoms with Gasteiger partial charge in [-0.25, -0.2) is 0 Å². The molecule has 1 atom stereocenters. The minimum absolute atomic E-state index is 0.119. The minimum Gasteiger partial charge on any atom is -0.352 e. The van der Waals surface area contributed by atoms with Crippen LogP contribution in [0.4, 0.5) is 0 Å². The van der Waals surface area contributed by atoms with Crippen LogP contribution in [0.5, 0.6) is 0 Å². The van der Waals surface area contributed by atoms with Crippen LogP contribution in [0.2, 0.25) is 5.02 Å². The third-order valence-corrected chi connectivity index (χ3v) is 4.85. The van der Waals surface area contributed by atoms with E-state index in [-0.39, 0.29) is 17.9 Å². The first-order valence-corrected chi connectivity index (χ1v) is 9.76. The van der Waals surface area contributed by atoms with E-state index >= 15 is 0 Å². The summed E-state index contributed by atoms with van der Waals surface area (Å²) in [5.74, 6) is -0.0314. The number of rotatable bonds is 9. The van der Waals surface area contributed by atoms with Crippen LogP contribution in [-0.2, 0) is 11.3 Å². The number of benzene rings is 2. The molecule has 1 unspecified atom stereocenters. The molecule has 2 aromatic rings. The Balaban J connectivity index is 1.82. The highest BCUT2D eigenvalue weighted by Gasteiger charge is 2.18. The topological polar surface area (TPSA) is 49.4 Å². The summed E-state index contributed by atoms with van der Waals surface area (Å²) in [7, 11) is 0. The Labute approximate surface area is 166 Å². The van der Waals surface area contributed by atoms with Gasteiger partial charge < -0.3 is 10.2 Å². The minimum atomic E-state index is -0.151. The van der Waals surface area contributed by atoms with E-state index in [2.05, 4.69) is 19.2 Å². The molecule has 1 N–H and O–H groups in total. The van der Waals surface area contributed by atoms with Crippen LogP contribution in [0, 0.1) is 0 Å². The number of hydrogen-bond acceptors (Lipinski definition) is 2. The molecule has 0 aliphatic rings. The van der Waals surface area contributed by atoms with Gasteiger partial charge in [0.15, 0.2) is 0 Å². The van der Waals surface area contributed by atoms with Crippen LogP contribution in [0.3, 0.4) is 0 Å². The van der Waals surface area contributed by atoms with Crippen molar-refractivity contribution in [1.82, 2.24) is 10.2 Å². The highest BCUT2D eigenvalue weighted by molar-refractivity contribution is 6.30. The van der Waals surface area contributed by atoms with Crippen molar-refractivity contribution in [3.8, 4) is 0 Å². The molecule has 2 rings (SSSR count). The van der Waals surface area contributed by atoms with Gasteiger partial charge in [-0.1, -0.05) is 48.9 Å². The molecule has 0 saturated carbocycles. The lowest BCUT2D eigenvalue weighted by atomic mass is 10.1. The summed E-state index contributed by atoms with van der Waals surface area (Å²) in [4.78, 5) is 26.7. The predicted octanol–water partition coefficient (Wildman–Crippen LogP) is 4.68. The molecular formula is C22H27ClN2O2. The third-order valence-electron chi connectivity index (χ3n) is 4.60. The summed E-state index contributed by atoms with van der Waals surface area (Å²) in [5, 5.41) is 3.45. The molecule has 2 amide bonds. The van der Waals surface area contributed by atoms with Crippen LogP contribution < -0.4 is 5.32 Å². The first-order valence-electron chi connectivity index (χ1n) is 9.38. The maximum atomic E-state index is 12.7. The smallest absolute Gasteiger partial charge is 0.251 e. The quantitative estimate of drug-likeness (QED) is 0.636. The second kappa shape index (κ2) is 10.7. The van der Waals surface area contributed by atoms with Gasteiger partial charge in [0.1, 0.15) is 0 Å². The van der Waals surface area contributed by atoms with E-state index in [0.29, 0.717) is 36.5 Å². The molecule has 0 heterocycles. The largest absolute Gasteiger partial charge is 0.352 e. The Kier molecular flexibility index (Phi) is 8.34. The highest BCUT2D eigenvalue weighted by atomic mass is 35.5. The molecule has 0 bridgehead atoms. The van der Waals surface area contributed by atoms with E-state index in [1.165, 1.54) is 0 Å². The second-order valence-electron chi connectivity index (χ2n) is 6.63. The monoisotopic (exact) mass is 386 g/mol. The van der Waals surface area contributed by atoms with Gasteiger partial charge in [-0.05, 0) is 49.6 Å². The lowest BCUT2D eigenvalue weighted by Gasteiger charge is -2.29. The average Bonchev–Trinajstić information content (AvgIpc) is 2.69. The van der Waals surface area contributed by atoms with Gasteiger partial charge in [0.2, 0.25) is 5.91 Å². The zero-order chi connectivity index (χ0) is 19.6. The van der Waals surface area contributed by atoms with E-state index in [9.17, 15) is 9.59 Å². The fraction of sp³-hybridized carbons (Fsp3) is 0.364. The molecule has 4 nitrogen and oxygen atoms in total. The molecule has 144 valence electrons. The number of nitrogens with one attached hydrogen (secondary N) is 1. The van der Waals surface area contributed by atoms with E-state index in [1.807, 2.05) is 35.2 Å². The maximum absolute atomic E-state index is 12.7. The summed E-state index contributed by atoms with van der Waals surface area (Å²) in [5.41, 5.74) is 1.69. The standard InChI is InChI=1S/C22H27ClN2O2/c1-3-17(2)25(16-18-8-5-4-6-9-18)21(26)10-7-15-24-22(27)19-11-13-20(23)14-12-19/h4-6,8-9,11-14,17H,3,7,10,15-16H2,1-2H3,(H,24,27).